The Morgan fingerprint density at radius 3 is 2.04 bits per heavy atom. The van der Waals surface area contributed by atoms with E-state index in [1.54, 1.807) is 0 Å². The number of rotatable bonds is 13. The number of hydrogen-bond donors (Lipinski definition) is 0. The van der Waals surface area contributed by atoms with E-state index in [9.17, 15) is 4.79 Å². The van der Waals surface area contributed by atoms with Crippen LogP contribution in [0.1, 0.15) is 77.2 Å². The van der Waals surface area contributed by atoms with Gasteiger partial charge in [-0.1, -0.05) is 95.5 Å². The van der Waals surface area contributed by atoms with Crippen molar-refractivity contribution < 1.29 is 9.53 Å². The molecule has 130 valence electrons. The Kier molecular flexibility index (Phi) is 11.3. The van der Waals surface area contributed by atoms with E-state index in [0.29, 0.717) is 13.0 Å². The molecule has 2 heteroatoms. The summed E-state index contributed by atoms with van der Waals surface area (Å²) in [5.74, 6) is 0.737. The normalized spacial score (nSPS) is 10.9. The lowest BCUT2D eigenvalue weighted by atomic mass is 10.0. The van der Waals surface area contributed by atoms with Crippen LogP contribution in [0.5, 0.6) is 0 Å². The Labute approximate surface area is 142 Å². The zero-order chi connectivity index (χ0) is 16.8. The standard InChI is InChI=1S/C21H34O2/c1-19(2)14-10-7-5-3-4-6-8-13-17-23-21(22)18-20-15-11-9-12-16-20/h9,11-12,15-16,19H,3-8,10,13-14,17-18H2,1-2H3. The van der Waals surface area contributed by atoms with Crippen LogP contribution in [0.15, 0.2) is 30.3 Å². The highest BCUT2D eigenvalue weighted by Gasteiger charge is 2.03. The first-order valence-electron chi connectivity index (χ1n) is 9.38. The number of hydrogen-bond acceptors (Lipinski definition) is 2. The highest BCUT2D eigenvalue weighted by Crippen LogP contribution is 2.12. The van der Waals surface area contributed by atoms with Crippen molar-refractivity contribution in [3.8, 4) is 0 Å². The van der Waals surface area contributed by atoms with Gasteiger partial charge in [-0.25, -0.2) is 0 Å². The molecule has 0 atom stereocenters. The molecule has 0 aromatic heterocycles. The minimum Gasteiger partial charge on any atom is -0.465 e. The Morgan fingerprint density at radius 2 is 1.43 bits per heavy atom. The van der Waals surface area contributed by atoms with Gasteiger partial charge in [0.1, 0.15) is 0 Å². The number of benzene rings is 1. The molecule has 0 aliphatic rings. The Balaban J connectivity index is 1.85. The van der Waals surface area contributed by atoms with Crippen LogP contribution in [-0.4, -0.2) is 12.6 Å². The van der Waals surface area contributed by atoms with E-state index in [1.165, 1.54) is 51.4 Å². The van der Waals surface area contributed by atoms with Gasteiger partial charge in [0.15, 0.2) is 0 Å². The van der Waals surface area contributed by atoms with Gasteiger partial charge < -0.3 is 4.74 Å². The third-order valence-corrected chi connectivity index (χ3v) is 4.13. The molecule has 1 rings (SSSR count). The van der Waals surface area contributed by atoms with Crippen LogP contribution in [0.25, 0.3) is 0 Å². The quantitative estimate of drug-likeness (QED) is 0.332. The molecule has 0 amide bonds. The average Bonchev–Trinajstić information content (AvgIpc) is 2.53. The second kappa shape index (κ2) is 13.2. The molecule has 1 aromatic rings. The van der Waals surface area contributed by atoms with E-state index in [2.05, 4.69) is 13.8 Å². The molecule has 0 N–H and O–H groups in total. The number of carbonyl (C=O) groups is 1. The summed E-state index contributed by atoms with van der Waals surface area (Å²) in [6.07, 6.45) is 12.0. The summed E-state index contributed by atoms with van der Waals surface area (Å²) in [5.41, 5.74) is 1.02. The predicted octanol–water partition coefficient (Wildman–Crippen LogP) is 5.94. The van der Waals surface area contributed by atoms with E-state index >= 15 is 0 Å². The van der Waals surface area contributed by atoms with Crippen LogP contribution >= 0.6 is 0 Å². The van der Waals surface area contributed by atoms with Gasteiger partial charge in [0.2, 0.25) is 0 Å². The van der Waals surface area contributed by atoms with E-state index in [4.69, 9.17) is 4.74 Å². The van der Waals surface area contributed by atoms with Crippen LogP contribution in [0.2, 0.25) is 0 Å². The lowest BCUT2D eigenvalue weighted by molar-refractivity contribution is -0.142. The van der Waals surface area contributed by atoms with Gasteiger partial charge >= 0.3 is 5.97 Å². The van der Waals surface area contributed by atoms with Crippen LogP contribution in [0.4, 0.5) is 0 Å². The van der Waals surface area contributed by atoms with Crippen molar-refractivity contribution in [3.05, 3.63) is 35.9 Å². The zero-order valence-electron chi connectivity index (χ0n) is 15.1. The van der Waals surface area contributed by atoms with Crippen molar-refractivity contribution >= 4 is 5.97 Å². The maximum atomic E-state index is 11.7. The van der Waals surface area contributed by atoms with Crippen LogP contribution in [0.3, 0.4) is 0 Å². The molecule has 0 radical (unpaired) electrons. The number of ether oxygens (including phenoxy) is 1. The van der Waals surface area contributed by atoms with E-state index in [0.717, 1.165) is 17.9 Å². The molecular weight excluding hydrogens is 284 g/mol. The van der Waals surface area contributed by atoms with Crippen molar-refractivity contribution in [2.24, 2.45) is 5.92 Å². The first-order valence-corrected chi connectivity index (χ1v) is 9.38. The smallest absolute Gasteiger partial charge is 0.310 e. The van der Waals surface area contributed by atoms with Crippen molar-refractivity contribution in [1.29, 1.82) is 0 Å². The highest BCUT2D eigenvalue weighted by atomic mass is 16.5. The topological polar surface area (TPSA) is 26.3 Å². The lowest BCUT2D eigenvalue weighted by Gasteiger charge is -2.06. The third-order valence-electron chi connectivity index (χ3n) is 4.13. The van der Waals surface area contributed by atoms with Crippen molar-refractivity contribution in [1.82, 2.24) is 0 Å². The molecule has 23 heavy (non-hydrogen) atoms. The summed E-state index contributed by atoms with van der Waals surface area (Å²) in [4.78, 5) is 11.7. The Morgan fingerprint density at radius 1 is 0.870 bits per heavy atom. The summed E-state index contributed by atoms with van der Waals surface area (Å²) in [5, 5.41) is 0. The third kappa shape index (κ3) is 11.9. The van der Waals surface area contributed by atoms with E-state index in [-0.39, 0.29) is 5.97 Å². The van der Waals surface area contributed by atoms with Gasteiger partial charge in [-0.2, -0.15) is 0 Å². The van der Waals surface area contributed by atoms with Gasteiger partial charge in [0.25, 0.3) is 0 Å². The summed E-state index contributed by atoms with van der Waals surface area (Å²) >= 11 is 0. The molecule has 2 nitrogen and oxygen atoms in total. The molecule has 0 aliphatic carbocycles. The molecule has 1 aromatic carbocycles. The van der Waals surface area contributed by atoms with Crippen LogP contribution < -0.4 is 0 Å². The second-order valence-corrected chi connectivity index (χ2v) is 6.89. The first kappa shape index (κ1) is 19.7. The van der Waals surface area contributed by atoms with Gasteiger partial charge in [0, 0.05) is 0 Å². The summed E-state index contributed by atoms with van der Waals surface area (Å²) in [6.45, 7) is 5.17. The van der Waals surface area contributed by atoms with Crippen molar-refractivity contribution in [2.75, 3.05) is 6.61 Å². The molecule has 0 fully saturated rings. The zero-order valence-corrected chi connectivity index (χ0v) is 15.1. The van der Waals surface area contributed by atoms with Crippen LogP contribution in [-0.2, 0) is 16.0 Å². The van der Waals surface area contributed by atoms with Gasteiger partial charge in [-0.15, -0.1) is 0 Å². The molecule has 0 aliphatic heterocycles. The minimum atomic E-state index is -0.110. The number of esters is 1. The first-order chi connectivity index (χ1) is 11.2. The molecule has 0 saturated heterocycles. The number of carbonyl (C=O) groups excluding carboxylic acids is 1. The average molecular weight is 319 g/mol. The predicted molar refractivity (Wildman–Crippen MR) is 97.5 cm³/mol. The summed E-state index contributed by atoms with van der Waals surface area (Å²) in [7, 11) is 0. The highest BCUT2D eigenvalue weighted by molar-refractivity contribution is 5.72. The fraction of sp³-hybridized carbons (Fsp3) is 0.667. The van der Waals surface area contributed by atoms with Crippen LogP contribution in [0, 0.1) is 5.92 Å². The minimum absolute atomic E-state index is 0.110. The molecular formula is C21H34O2. The fourth-order valence-electron chi connectivity index (χ4n) is 2.71. The molecule has 0 unspecified atom stereocenters. The summed E-state index contributed by atoms with van der Waals surface area (Å²) in [6, 6.07) is 9.78. The Hall–Kier alpha value is -1.31. The number of unbranched alkanes of at least 4 members (excludes halogenated alkanes) is 7. The van der Waals surface area contributed by atoms with Crippen molar-refractivity contribution in [3.63, 3.8) is 0 Å². The largest absolute Gasteiger partial charge is 0.465 e. The molecule has 0 heterocycles. The SMILES string of the molecule is CC(C)CCCCCCCCCCOC(=O)Cc1ccccc1. The van der Waals surface area contributed by atoms with Gasteiger partial charge in [-0.05, 0) is 17.9 Å². The fourth-order valence-corrected chi connectivity index (χ4v) is 2.71. The van der Waals surface area contributed by atoms with E-state index in [1.807, 2.05) is 30.3 Å². The maximum absolute atomic E-state index is 11.7. The molecule has 0 bridgehead atoms. The van der Waals surface area contributed by atoms with Crippen molar-refractivity contribution in [2.45, 2.75) is 78.1 Å². The lowest BCUT2D eigenvalue weighted by Crippen LogP contribution is -2.08. The van der Waals surface area contributed by atoms with Gasteiger partial charge in [0.05, 0.1) is 13.0 Å². The van der Waals surface area contributed by atoms with E-state index < -0.39 is 0 Å². The maximum Gasteiger partial charge on any atom is 0.310 e. The molecule has 0 spiro atoms. The molecule has 0 saturated carbocycles. The second-order valence-electron chi connectivity index (χ2n) is 6.89. The van der Waals surface area contributed by atoms with Gasteiger partial charge in [-0.3, -0.25) is 4.79 Å². The Bertz CT molecular complexity index is 398. The monoisotopic (exact) mass is 318 g/mol. The summed E-state index contributed by atoms with van der Waals surface area (Å²) < 4.78 is 5.29.